The number of halogens is 1. The maximum Gasteiger partial charge on any atom is 0.258 e. The molecule has 0 bridgehead atoms. The maximum atomic E-state index is 12.0. The van der Waals surface area contributed by atoms with Gasteiger partial charge in [-0.2, -0.15) is 0 Å². The van der Waals surface area contributed by atoms with E-state index in [0.717, 1.165) is 29.4 Å². The number of carbonyl (C=O) groups is 1. The second-order valence-electron chi connectivity index (χ2n) is 7.30. The lowest BCUT2D eigenvalue weighted by molar-refractivity contribution is -0.124. The number of tetrazole rings is 1. The molecule has 2 aromatic rings. The van der Waals surface area contributed by atoms with Gasteiger partial charge < -0.3 is 15.4 Å². The Morgan fingerprint density at radius 1 is 1.36 bits per heavy atom. The van der Waals surface area contributed by atoms with E-state index in [4.69, 9.17) is 16.3 Å². The normalized spacial score (nSPS) is 11.5. The number of thioether (sulfide) groups is 1. The molecule has 28 heavy (non-hydrogen) atoms. The minimum Gasteiger partial charge on any atom is -0.483 e. The predicted octanol–water partition coefficient (Wildman–Crippen LogP) is 2.43. The average molecular weight is 427 g/mol. The molecule has 0 aliphatic rings. The van der Waals surface area contributed by atoms with Gasteiger partial charge in [-0.05, 0) is 62.4 Å². The van der Waals surface area contributed by atoms with E-state index >= 15 is 0 Å². The van der Waals surface area contributed by atoms with E-state index in [2.05, 4.69) is 26.2 Å². The van der Waals surface area contributed by atoms with Crippen molar-refractivity contribution in [1.29, 1.82) is 0 Å². The first kappa shape index (κ1) is 22.4. The molecule has 8 nitrogen and oxygen atoms in total. The van der Waals surface area contributed by atoms with Crippen molar-refractivity contribution >= 4 is 29.3 Å². The average Bonchev–Trinajstić information content (AvgIpc) is 3.00. The third-order valence-corrected chi connectivity index (χ3v) is 4.85. The van der Waals surface area contributed by atoms with Gasteiger partial charge in [0.2, 0.25) is 5.16 Å². The molecule has 1 amide bonds. The van der Waals surface area contributed by atoms with Gasteiger partial charge in [0.1, 0.15) is 5.75 Å². The number of aromatic nitrogens is 4. The summed E-state index contributed by atoms with van der Waals surface area (Å²) in [7, 11) is 1.82. The van der Waals surface area contributed by atoms with Crippen molar-refractivity contribution in [2.45, 2.75) is 44.4 Å². The number of ether oxygens (including phenoxy) is 1. The minimum atomic E-state index is -0.288. The maximum absolute atomic E-state index is 12.0. The highest BCUT2D eigenvalue weighted by Gasteiger charge is 2.15. The van der Waals surface area contributed by atoms with Crippen molar-refractivity contribution in [2.75, 3.05) is 18.9 Å². The number of carbonyl (C=O) groups excluding carboxylic acids is 1. The second kappa shape index (κ2) is 10.6. The first-order valence-corrected chi connectivity index (χ1v) is 10.4. The van der Waals surface area contributed by atoms with Crippen LogP contribution >= 0.6 is 23.4 Å². The third-order valence-electron chi connectivity index (χ3n) is 3.52. The molecule has 1 aromatic carbocycles. The second-order valence-corrected chi connectivity index (χ2v) is 8.80. The Bertz CT molecular complexity index is 778. The van der Waals surface area contributed by atoms with Crippen LogP contribution in [0.4, 0.5) is 0 Å². The van der Waals surface area contributed by atoms with E-state index in [0.29, 0.717) is 17.3 Å². The Hall–Kier alpha value is -1.84. The largest absolute Gasteiger partial charge is 0.483 e. The highest BCUT2D eigenvalue weighted by atomic mass is 35.5. The molecule has 0 saturated heterocycles. The van der Waals surface area contributed by atoms with E-state index < -0.39 is 0 Å². The molecular weight excluding hydrogens is 400 g/mol. The molecule has 0 fully saturated rings. The summed E-state index contributed by atoms with van der Waals surface area (Å²) in [6.07, 6.45) is 0.961. The highest BCUT2D eigenvalue weighted by molar-refractivity contribution is 7.99. The van der Waals surface area contributed by atoms with Crippen molar-refractivity contribution in [3.8, 4) is 5.75 Å². The van der Waals surface area contributed by atoms with Gasteiger partial charge in [-0.25, -0.2) is 4.68 Å². The van der Waals surface area contributed by atoms with E-state index in [1.165, 1.54) is 0 Å². The van der Waals surface area contributed by atoms with Crippen molar-refractivity contribution < 1.29 is 9.53 Å². The van der Waals surface area contributed by atoms with Gasteiger partial charge in [0, 0.05) is 35.5 Å². The zero-order chi connectivity index (χ0) is 20.6. The lowest BCUT2D eigenvalue weighted by Crippen LogP contribution is -2.43. The summed E-state index contributed by atoms with van der Waals surface area (Å²) in [5.41, 5.74) is 0.630. The Balaban J connectivity index is 1.76. The fraction of sp³-hybridized carbons (Fsp3) is 0.556. The smallest absolute Gasteiger partial charge is 0.258 e. The van der Waals surface area contributed by atoms with E-state index in [1.54, 1.807) is 28.6 Å². The Morgan fingerprint density at radius 2 is 2.14 bits per heavy atom. The van der Waals surface area contributed by atoms with Gasteiger partial charge in [-0.3, -0.25) is 4.79 Å². The number of hydrogen-bond donors (Lipinski definition) is 2. The van der Waals surface area contributed by atoms with Gasteiger partial charge in [0.15, 0.2) is 6.61 Å². The van der Waals surface area contributed by atoms with Crippen LogP contribution in [0, 0.1) is 0 Å². The van der Waals surface area contributed by atoms with Crippen molar-refractivity contribution in [2.24, 2.45) is 7.05 Å². The monoisotopic (exact) mass is 426 g/mol. The van der Waals surface area contributed by atoms with Crippen LogP contribution in [0.15, 0.2) is 23.4 Å². The fourth-order valence-corrected chi connectivity index (χ4v) is 3.34. The van der Waals surface area contributed by atoms with Gasteiger partial charge in [-0.1, -0.05) is 23.4 Å². The Morgan fingerprint density at radius 3 is 2.82 bits per heavy atom. The van der Waals surface area contributed by atoms with Crippen LogP contribution in [0.1, 0.15) is 32.8 Å². The molecule has 0 aliphatic carbocycles. The molecule has 0 aliphatic heterocycles. The topological polar surface area (TPSA) is 94.0 Å². The van der Waals surface area contributed by atoms with Crippen LogP contribution in [0.2, 0.25) is 5.02 Å². The molecule has 0 spiro atoms. The molecular formula is C18H27ClN6O2S. The number of rotatable bonds is 10. The van der Waals surface area contributed by atoms with Crippen LogP contribution in [-0.2, 0) is 18.4 Å². The van der Waals surface area contributed by atoms with Crippen molar-refractivity contribution in [3.05, 3.63) is 28.8 Å². The molecule has 154 valence electrons. The summed E-state index contributed by atoms with van der Waals surface area (Å²) in [4.78, 5) is 12.0. The third kappa shape index (κ3) is 8.04. The molecule has 1 aromatic heterocycles. The van der Waals surface area contributed by atoms with E-state index in [9.17, 15) is 4.79 Å². The number of amides is 1. The minimum absolute atomic E-state index is 0.0335. The van der Waals surface area contributed by atoms with Gasteiger partial charge >= 0.3 is 0 Å². The zero-order valence-corrected chi connectivity index (χ0v) is 18.2. The highest BCUT2D eigenvalue weighted by Crippen LogP contribution is 2.23. The Kier molecular flexibility index (Phi) is 8.53. The van der Waals surface area contributed by atoms with Crippen LogP contribution in [0.25, 0.3) is 0 Å². The fourth-order valence-electron chi connectivity index (χ4n) is 2.35. The summed E-state index contributed by atoms with van der Waals surface area (Å²) in [6, 6.07) is 5.40. The summed E-state index contributed by atoms with van der Waals surface area (Å²) in [5, 5.41) is 19.1. The van der Waals surface area contributed by atoms with Gasteiger partial charge in [-0.15, -0.1) is 5.10 Å². The molecule has 10 heteroatoms. The Labute approximate surface area is 174 Å². The van der Waals surface area contributed by atoms with E-state index in [-0.39, 0.29) is 18.1 Å². The number of nitrogens with zero attached hydrogens (tertiary/aromatic N) is 4. The predicted molar refractivity (Wildman–Crippen MR) is 111 cm³/mol. The lowest BCUT2D eigenvalue weighted by atomic mass is 10.1. The van der Waals surface area contributed by atoms with E-state index in [1.807, 2.05) is 33.9 Å². The SMILES string of the molecule is Cn1nnnc1SCCCNCc1cc(Cl)ccc1OCC(=O)NC(C)(C)C. The van der Waals surface area contributed by atoms with Crippen molar-refractivity contribution in [3.63, 3.8) is 0 Å². The molecule has 2 N–H and O–H groups in total. The zero-order valence-electron chi connectivity index (χ0n) is 16.7. The number of benzene rings is 1. The van der Waals surface area contributed by atoms with Crippen molar-refractivity contribution in [1.82, 2.24) is 30.8 Å². The molecule has 0 saturated carbocycles. The first-order chi connectivity index (χ1) is 13.2. The molecule has 1 heterocycles. The van der Waals surface area contributed by atoms with Crippen LogP contribution < -0.4 is 15.4 Å². The summed E-state index contributed by atoms with van der Waals surface area (Å²) in [6.45, 7) is 7.20. The van der Waals surface area contributed by atoms with Crippen LogP contribution in [-0.4, -0.2) is 50.6 Å². The first-order valence-electron chi connectivity index (χ1n) is 9.03. The van der Waals surface area contributed by atoms with Gasteiger partial charge in [0.25, 0.3) is 5.91 Å². The van der Waals surface area contributed by atoms with Crippen LogP contribution in [0.5, 0.6) is 5.75 Å². The summed E-state index contributed by atoms with van der Waals surface area (Å²) < 4.78 is 7.36. The summed E-state index contributed by atoms with van der Waals surface area (Å²) >= 11 is 7.73. The number of aryl methyl sites for hydroxylation is 1. The molecule has 0 unspecified atom stereocenters. The standard InChI is InChI=1S/C18H27ClN6O2S/c1-18(2,3)21-16(26)12-27-15-7-6-14(19)10-13(15)11-20-8-5-9-28-17-22-23-24-25(17)4/h6-7,10,20H,5,8-9,11-12H2,1-4H3,(H,21,26). The quantitative estimate of drug-likeness (QED) is 0.445. The van der Waals surface area contributed by atoms with Crippen LogP contribution in [0.3, 0.4) is 0 Å². The lowest BCUT2D eigenvalue weighted by Gasteiger charge is -2.21. The summed E-state index contributed by atoms with van der Waals surface area (Å²) in [5.74, 6) is 1.41. The number of nitrogens with one attached hydrogen (secondary N) is 2. The molecule has 0 radical (unpaired) electrons. The molecule has 2 rings (SSSR count). The van der Waals surface area contributed by atoms with Gasteiger partial charge in [0.05, 0.1) is 0 Å². The molecule has 0 atom stereocenters. The number of hydrogen-bond acceptors (Lipinski definition) is 7.